The minimum atomic E-state index is -2.97. The van der Waals surface area contributed by atoms with Gasteiger partial charge in [-0.25, -0.2) is 8.42 Å². The van der Waals surface area contributed by atoms with Crippen molar-refractivity contribution in [1.29, 1.82) is 0 Å². The second-order valence-corrected chi connectivity index (χ2v) is 9.92. The van der Waals surface area contributed by atoms with E-state index in [0.717, 1.165) is 19.5 Å². The molecular formula is C21H35IN4O3S. The number of halogens is 1. The lowest BCUT2D eigenvalue weighted by molar-refractivity contribution is -0.132. The van der Waals surface area contributed by atoms with Gasteiger partial charge < -0.3 is 15.5 Å². The highest BCUT2D eigenvalue weighted by Crippen LogP contribution is 2.19. The number of hydrogen-bond donors (Lipinski definition) is 2. The van der Waals surface area contributed by atoms with Gasteiger partial charge in [0.1, 0.15) is 9.84 Å². The lowest BCUT2D eigenvalue weighted by Crippen LogP contribution is -2.43. The first kappa shape index (κ1) is 26.7. The number of carbonyl (C=O) groups excluding carboxylic acids is 1. The fourth-order valence-electron chi connectivity index (χ4n) is 3.30. The van der Waals surface area contributed by atoms with Crippen LogP contribution in [0.2, 0.25) is 0 Å². The van der Waals surface area contributed by atoms with Crippen molar-refractivity contribution in [1.82, 2.24) is 15.5 Å². The van der Waals surface area contributed by atoms with Crippen molar-refractivity contribution in [2.45, 2.75) is 52.1 Å². The Morgan fingerprint density at radius 3 is 2.63 bits per heavy atom. The summed E-state index contributed by atoms with van der Waals surface area (Å²) in [7, 11) is -2.97. The number of nitrogens with zero attached hydrogens (tertiary/aromatic N) is 2. The number of aliphatic imine (C=N–C) groups is 1. The lowest BCUT2D eigenvalue weighted by atomic mass is 9.99. The maximum absolute atomic E-state index is 12.5. The molecule has 1 aromatic rings. The summed E-state index contributed by atoms with van der Waals surface area (Å²) in [5.41, 5.74) is 2.58. The number of sulfone groups is 1. The summed E-state index contributed by atoms with van der Waals surface area (Å²) in [4.78, 5) is 19.0. The molecule has 2 N–H and O–H groups in total. The summed E-state index contributed by atoms with van der Waals surface area (Å²) in [6.07, 6.45) is 3.86. The Morgan fingerprint density at radius 2 is 1.97 bits per heavy atom. The van der Waals surface area contributed by atoms with Crippen molar-refractivity contribution >= 4 is 45.7 Å². The standard InChI is InChI=1S/C21H34N4O3S.HI/c1-4-22-21(24-17(2)12-15-29(3,27)28)23-13-7-10-20(26)25-14-11-18-8-5-6-9-19(18)16-25;/h5-6,8-9,17H,4,7,10-16H2,1-3H3,(H2,22,23,24);1H. The van der Waals surface area contributed by atoms with Crippen LogP contribution < -0.4 is 10.6 Å². The zero-order valence-corrected chi connectivity index (χ0v) is 21.3. The molecule has 0 saturated carbocycles. The van der Waals surface area contributed by atoms with Crippen LogP contribution in [-0.4, -0.2) is 62.9 Å². The van der Waals surface area contributed by atoms with E-state index in [9.17, 15) is 13.2 Å². The predicted octanol–water partition coefficient (Wildman–Crippen LogP) is 2.35. The monoisotopic (exact) mass is 550 g/mol. The molecule has 1 aliphatic heterocycles. The Kier molecular flexibility index (Phi) is 11.7. The molecular weight excluding hydrogens is 515 g/mol. The molecule has 170 valence electrons. The van der Waals surface area contributed by atoms with Crippen molar-refractivity contribution in [3.63, 3.8) is 0 Å². The first-order valence-electron chi connectivity index (χ1n) is 10.4. The summed E-state index contributed by atoms with van der Waals surface area (Å²) in [6, 6.07) is 8.30. The highest BCUT2D eigenvalue weighted by Gasteiger charge is 2.19. The van der Waals surface area contributed by atoms with Crippen LogP contribution in [-0.2, 0) is 27.6 Å². The summed E-state index contributed by atoms with van der Waals surface area (Å²) < 4.78 is 22.6. The van der Waals surface area contributed by atoms with E-state index in [1.54, 1.807) is 0 Å². The molecule has 1 unspecified atom stereocenters. The van der Waals surface area contributed by atoms with Crippen molar-refractivity contribution in [3.05, 3.63) is 35.4 Å². The largest absolute Gasteiger partial charge is 0.357 e. The third-order valence-electron chi connectivity index (χ3n) is 4.95. The molecule has 30 heavy (non-hydrogen) atoms. The van der Waals surface area contributed by atoms with E-state index in [1.807, 2.05) is 30.9 Å². The number of benzene rings is 1. The predicted molar refractivity (Wildman–Crippen MR) is 133 cm³/mol. The van der Waals surface area contributed by atoms with Gasteiger partial charge in [0.25, 0.3) is 0 Å². The molecule has 0 aromatic heterocycles. The van der Waals surface area contributed by atoms with Gasteiger partial charge >= 0.3 is 0 Å². The molecule has 2 rings (SSSR count). The van der Waals surface area contributed by atoms with Gasteiger partial charge in [-0.2, -0.15) is 0 Å². The molecule has 1 atom stereocenters. The van der Waals surface area contributed by atoms with E-state index >= 15 is 0 Å². The Hall–Kier alpha value is -1.36. The van der Waals surface area contributed by atoms with Gasteiger partial charge in [0.05, 0.1) is 5.75 Å². The Morgan fingerprint density at radius 1 is 1.27 bits per heavy atom. The van der Waals surface area contributed by atoms with Gasteiger partial charge in [-0.15, -0.1) is 24.0 Å². The average Bonchev–Trinajstić information content (AvgIpc) is 2.68. The maximum Gasteiger partial charge on any atom is 0.222 e. The first-order chi connectivity index (χ1) is 13.8. The van der Waals surface area contributed by atoms with Gasteiger partial charge in [-0.1, -0.05) is 24.3 Å². The van der Waals surface area contributed by atoms with Crippen LogP contribution in [0.15, 0.2) is 29.3 Å². The summed E-state index contributed by atoms with van der Waals surface area (Å²) in [5.74, 6) is 0.982. The van der Waals surface area contributed by atoms with E-state index in [1.165, 1.54) is 17.4 Å². The Bertz CT molecular complexity index is 814. The van der Waals surface area contributed by atoms with E-state index in [0.29, 0.717) is 38.3 Å². The number of amides is 1. The maximum atomic E-state index is 12.5. The van der Waals surface area contributed by atoms with E-state index in [-0.39, 0.29) is 41.7 Å². The normalized spacial score (nSPS) is 15.0. The molecule has 1 aliphatic rings. The summed E-state index contributed by atoms with van der Waals surface area (Å²) in [6.45, 7) is 6.66. The van der Waals surface area contributed by atoms with Crippen molar-refractivity contribution in [3.8, 4) is 0 Å². The number of fused-ring (bicyclic) bond motifs is 1. The minimum Gasteiger partial charge on any atom is -0.357 e. The zero-order valence-electron chi connectivity index (χ0n) is 18.2. The molecule has 0 radical (unpaired) electrons. The highest BCUT2D eigenvalue weighted by atomic mass is 127. The Labute approximate surface area is 198 Å². The molecule has 0 saturated heterocycles. The molecule has 1 amide bonds. The van der Waals surface area contributed by atoms with Gasteiger partial charge in [0, 0.05) is 44.9 Å². The van der Waals surface area contributed by atoms with Crippen LogP contribution in [0.1, 0.15) is 44.2 Å². The van der Waals surface area contributed by atoms with Crippen molar-refractivity contribution in [2.75, 3.05) is 31.6 Å². The molecule has 0 aliphatic carbocycles. The third kappa shape index (κ3) is 9.63. The zero-order chi connectivity index (χ0) is 21.3. The van der Waals surface area contributed by atoms with Crippen LogP contribution in [0.25, 0.3) is 0 Å². The van der Waals surface area contributed by atoms with Crippen LogP contribution in [0.3, 0.4) is 0 Å². The minimum absolute atomic E-state index is 0. The van der Waals surface area contributed by atoms with E-state index < -0.39 is 9.84 Å². The topological polar surface area (TPSA) is 90.9 Å². The third-order valence-corrected chi connectivity index (χ3v) is 5.93. The Balaban J connectivity index is 0.00000450. The molecule has 1 aromatic carbocycles. The van der Waals surface area contributed by atoms with Gasteiger partial charge in [0.2, 0.25) is 5.91 Å². The van der Waals surface area contributed by atoms with Crippen LogP contribution >= 0.6 is 24.0 Å². The average molecular weight is 551 g/mol. The van der Waals surface area contributed by atoms with Crippen molar-refractivity contribution < 1.29 is 13.2 Å². The molecule has 0 spiro atoms. The molecule has 0 bridgehead atoms. The second-order valence-electron chi connectivity index (χ2n) is 7.66. The van der Waals surface area contributed by atoms with Crippen molar-refractivity contribution in [2.24, 2.45) is 4.99 Å². The van der Waals surface area contributed by atoms with E-state index in [2.05, 4.69) is 27.8 Å². The lowest BCUT2D eigenvalue weighted by Gasteiger charge is -2.29. The number of guanidine groups is 1. The summed E-state index contributed by atoms with van der Waals surface area (Å²) in [5, 5.41) is 6.40. The number of nitrogens with one attached hydrogen (secondary N) is 2. The fourth-order valence-corrected chi connectivity index (χ4v) is 4.09. The number of rotatable bonds is 9. The number of hydrogen-bond acceptors (Lipinski definition) is 4. The van der Waals surface area contributed by atoms with Gasteiger partial charge in [-0.05, 0) is 44.2 Å². The quantitative estimate of drug-likeness (QED) is 0.213. The van der Waals surface area contributed by atoms with Crippen LogP contribution in [0.4, 0.5) is 0 Å². The molecule has 7 nitrogen and oxygen atoms in total. The first-order valence-corrected chi connectivity index (χ1v) is 12.4. The van der Waals surface area contributed by atoms with Gasteiger partial charge in [0.15, 0.2) is 5.96 Å². The summed E-state index contributed by atoms with van der Waals surface area (Å²) >= 11 is 0. The molecule has 9 heteroatoms. The SMILES string of the molecule is CCNC(=NCCCC(=O)N1CCc2ccccc2C1)NC(C)CCS(C)(=O)=O.I. The number of carbonyl (C=O) groups is 1. The highest BCUT2D eigenvalue weighted by molar-refractivity contribution is 14.0. The fraction of sp³-hybridized carbons (Fsp3) is 0.619. The molecule has 0 fully saturated rings. The van der Waals surface area contributed by atoms with E-state index in [4.69, 9.17) is 0 Å². The van der Waals surface area contributed by atoms with Crippen LogP contribution in [0.5, 0.6) is 0 Å². The smallest absolute Gasteiger partial charge is 0.222 e. The van der Waals surface area contributed by atoms with Crippen LogP contribution in [0, 0.1) is 0 Å². The second kappa shape index (κ2) is 13.1. The molecule has 1 heterocycles. The van der Waals surface area contributed by atoms with Gasteiger partial charge in [-0.3, -0.25) is 9.79 Å².